The number of hydrogen-bond donors (Lipinski definition) is 0. The van der Waals surface area contributed by atoms with Gasteiger partial charge in [0.1, 0.15) is 5.69 Å². The summed E-state index contributed by atoms with van der Waals surface area (Å²) in [6.07, 6.45) is 0. The first-order valence-electron chi connectivity index (χ1n) is 11.6. The van der Waals surface area contributed by atoms with Gasteiger partial charge in [0.15, 0.2) is 0 Å². The lowest BCUT2D eigenvalue weighted by molar-refractivity contribution is -0.00000769. The number of hydrogen-bond acceptors (Lipinski definition) is 3. The largest absolute Gasteiger partial charge is 1.00 e. The molecule has 1 aliphatic heterocycles. The molecule has 1 aromatic heterocycles. The van der Waals surface area contributed by atoms with E-state index >= 15 is 0 Å². The molecule has 0 aliphatic carbocycles. The van der Waals surface area contributed by atoms with Crippen molar-refractivity contribution in [1.82, 2.24) is 14.5 Å². The fraction of sp³-hybridized carbons (Fsp3) is 0.222. The average molecular weight is 561 g/mol. The minimum Gasteiger partial charge on any atom is -1.00 e. The lowest BCUT2D eigenvalue weighted by atomic mass is 10.3. The van der Waals surface area contributed by atoms with E-state index in [0.717, 1.165) is 40.8 Å². The average Bonchev–Trinajstić information content (AvgIpc) is 3.20. The molecule has 9 heteroatoms. The molecular weight excluding hydrogens is 534 g/mol. The minimum atomic E-state index is -2.60. The second kappa shape index (κ2) is 11.5. The highest BCUT2D eigenvalue weighted by molar-refractivity contribution is 7.79. The van der Waals surface area contributed by atoms with Gasteiger partial charge in [-0.3, -0.25) is 4.67 Å². The number of ether oxygens (including phenoxy) is 1. The molecule has 5 nitrogen and oxygen atoms in total. The third kappa shape index (κ3) is 4.89. The molecular formula is C27H27Cl3N4OP-. The smallest absolute Gasteiger partial charge is 0.101 e. The zero-order valence-electron chi connectivity index (χ0n) is 20.1. The van der Waals surface area contributed by atoms with Crippen molar-refractivity contribution in [3.63, 3.8) is 0 Å². The summed E-state index contributed by atoms with van der Waals surface area (Å²) in [6.45, 7) is 7.00. The van der Waals surface area contributed by atoms with Gasteiger partial charge in [0.05, 0.1) is 52.8 Å². The van der Waals surface area contributed by atoms with Crippen LogP contribution in [-0.4, -0.2) is 40.8 Å². The third-order valence-corrected chi connectivity index (χ3v) is 10.9. The summed E-state index contributed by atoms with van der Waals surface area (Å²) in [5.74, 6) is 0. The van der Waals surface area contributed by atoms with Crippen LogP contribution in [0.2, 0.25) is 10.0 Å². The minimum absolute atomic E-state index is 0. The monoisotopic (exact) mass is 559 g/mol. The molecule has 4 aromatic rings. The molecule has 1 saturated heterocycles. The molecule has 1 atom stereocenters. The fourth-order valence-electron chi connectivity index (χ4n) is 4.72. The van der Waals surface area contributed by atoms with Gasteiger partial charge in [-0.1, -0.05) is 77.8 Å². The molecule has 1 fully saturated rings. The van der Waals surface area contributed by atoms with Crippen LogP contribution < -0.4 is 23.0 Å². The topological polar surface area (TPSA) is 42.7 Å². The molecule has 0 spiro atoms. The Morgan fingerprint density at radius 3 is 2.03 bits per heavy atom. The van der Waals surface area contributed by atoms with Gasteiger partial charge in [-0.05, 0) is 38.1 Å². The normalized spacial score (nSPS) is 15.7. The Hall–Kier alpha value is -2.11. The van der Waals surface area contributed by atoms with Gasteiger partial charge in [-0.25, -0.2) is 9.43 Å². The van der Waals surface area contributed by atoms with E-state index < -0.39 is 7.21 Å². The zero-order chi connectivity index (χ0) is 24.4. The number of rotatable bonds is 5. The summed E-state index contributed by atoms with van der Waals surface area (Å²) < 4.78 is 15.8. The molecule has 188 valence electrons. The van der Waals surface area contributed by atoms with Crippen molar-refractivity contribution in [3.05, 3.63) is 100 Å². The maximum atomic E-state index is 6.71. The van der Waals surface area contributed by atoms with Crippen LogP contribution in [0.5, 0.6) is 0 Å². The molecule has 0 bridgehead atoms. The van der Waals surface area contributed by atoms with E-state index in [-0.39, 0.29) is 12.4 Å². The van der Waals surface area contributed by atoms with Crippen molar-refractivity contribution < 1.29 is 17.1 Å². The Kier molecular flexibility index (Phi) is 8.62. The van der Waals surface area contributed by atoms with Crippen molar-refractivity contribution in [3.8, 4) is 5.69 Å². The second-order valence-corrected chi connectivity index (χ2v) is 12.2. The van der Waals surface area contributed by atoms with Gasteiger partial charge in [0, 0.05) is 18.4 Å². The summed E-state index contributed by atoms with van der Waals surface area (Å²) in [5.41, 5.74) is 3.64. The van der Waals surface area contributed by atoms with Crippen LogP contribution in [0.25, 0.3) is 5.69 Å². The SMILES string of the molecule is Cc1nn(-c2ccccc2)c(C)c1P(=Nc1c(Cl)cccc1Cl)(c1ccccc1)N1CCOCC1.[Cl-]. The lowest BCUT2D eigenvalue weighted by Crippen LogP contribution is -3.00. The summed E-state index contributed by atoms with van der Waals surface area (Å²) in [5, 5.41) is 8.36. The molecule has 1 aliphatic rings. The zero-order valence-corrected chi connectivity index (χ0v) is 23.3. The van der Waals surface area contributed by atoms with Gasteiger partial charge in [-0.2, -0.15) is 5.10 Å². The molecule has 0 amide bonds. The second-order valence-electron chi connectivity index (χ2n) is 8.44. The van der Waals surface area contributed by atoms with Gasteiger partial charge in [0.2, 0.25) is 0 Å². The van der Waals surface area contributed by atoms with Crippen molar-refractivity contribution in [1.29, 1.82) is 0 Å². The maximum absolute atomic E-state index is 6.71. The molecule has 2 heterocycles. The fourth-order valence-corrected chi connectivity index (χ4v) is 9.41. The molecule has 0 N–H and O–H groups in total. The van der Waals surface area contributed by atoms with Gasteiger partial charge in [-0.15, -0.1) is 0 Å². The summed E-state index contributed by atoms with van der Waals surface area (Å²) >= 11 is 13.4. The van der Waals surface area contributed by atoms with Crippen molar-refractivity contribution in [2.24, 2.45) is 4.74 Å². The number of para-hydroxylation sites is 1. The number of nitrogens with zero attached hydrogens (tertiary/aromatic N) is 4. The molecule has 1 unspecified atom stereocenters. The van der Waals surface area contributed by atoms with Crippen molar-refractivity contribution in [2.45, 2.75) is 13.8 Å². The van der Waals surface area contributed by atoms with Crippen LogP contribution in [0.3, 0.4) is 0 Å². The van der Waals surface area contributed by atoms with Crippen LogP contribution in [0.15, 0.2) is 83.6 Å². The summed E-state index contributed by atoms with van der Waals surface area (Å²) in [6, 6.07) is 26.3. The van der Waals surface area contributed by atoms with E-state index in [1.54, 1.807) is 0 Å². The molecule has 0 saturated carbocycles. The highest BCUT2D eigenvalue weighted by Crippen LogP contribution is 2.56. The standard InChI is InChI=1S/C27H27Cl2N4OP.ClH/c1-20-27(21(2)33(30-20)22-10-5-3-6-11-22)35(23-12-7-4-8-13-23,32-16-18-34-19-17-32)31-26-24(28)14-9-15-25(26)29;/h3-15H,16-19H2,1-2H3;1H/p-1. The number of aryl methyl sites for hydroxylation is 1. The Labute approximate surface area is 228 Å². The maximum Gasteiger partial charge on any atom is 0.101 e. The van der Waals surface area contributed by atoms with E-state index in [1.165, 1.54) is 0 Å². The van der Waals surface area contributed by atoms with E-state index in [2.05, 4.69) is 54.9 Å². The number of aromatic nitrogens is 2. The Morgan fingerprint density at radius 2 is 1.42 bits per heavy atom. The van der Waals surface area contributed by atoms with Crippen LogP contribution in [-0.2, 0) is 4.74 Å². The Balaban J connectivity index is 0.00000304. The van der Waals surface area contributed by atoms with Gasteiger partial charge in [0.25, 0.3) is 0 Å². The number of benzene rings is 3. The third-order valence-electron chi connectivity index (χ3n) is 6.26. The van der Waals surface area contributed by atoms with E-state index in [9.17, 15) is 0 Å². The van der Waals surface area contributed by atoms with Crippen molar-refractivity contribution >= 4 is 46.7 Å². The Bertz CT molecular complexity index is 1370. The van der Waals surface area contributed by atoms with Crippen molar-refractivity contribution in [2.75, 3.05) is 26.3 Å². The quantitative estimate of drug-likeness (QED) is 0.351. The first kappa shape index (κ1) is 26.9. The number of morpholine rings is 1. The highest BCUT2D eigenvalue weighted by atomic mass is 35.5. The first-order valence-corrected chi connectivity index (χ1v) is 14.0. The molecule has 36 heavy (non-hydrogen) atoms. The predicted molar refractivity (Wildman–Crippen MR) is 147 cm³/mol. The van der Waals surface area contributed by atoms with E-state index in [4.69, 9.17) is 37.8 Å². The lowest BCUT2D eigenvalue weighted by Gasteiger charge is -2.39. The van der Waals surface area contributed by atoms with Crippen LogP contribution >= 0.6 is 30.4 Å². The summed E-state index contributed by atoms with van der Waals surface area (Å²) in [4.78, 5) is 0. The highest BCUT2D eigenvalue weighted by Gasteiger charge is 2.38. The van der Waals surface area contributed by atoms with Gasteiger partial charge >= 0.3 is 0 Å². The summed E-state index contributed by atoms with van der Waals surface area (Å²) in [7, 11) is -2.60. The van der Waals surface area contributed by atoms with Crippen LogP contribution in [0.4, 0.5) is 5.69 Å². The predicted octanol–water partition coefficient (Wildman–Crippen LogP) is 3.53. The van der Waals surface area contributed by atoms with Gasteiger partial charge < -0.3 is 17.1 Å². The molecule has 5 rings (SSSR count). The molecule has 0 radical (unpaired) electrons. The van der Waals surface area contributed by atoms with Crippen LogP contribution in [0, 0.1) is 13.8 Å². The number of halogens is 3. The molecule has 3 aromatic carbocycles. The van der Waals surface area contributed by atoms with Crippen LogP contribution in [0.1, 0.15) is 11.4 Å². The van der Waals surface area contributed by atoms with E-state index in [1.807, 2.05) is 47.1 Å². The Morgan fingerprint density at radius 1 is 0.833 bits per heavy atom. The first-order chi connectivity index (χ1) is 17.0. The van der Waals surface area contributed by atoms with E-state index in [0.29, 0.717) is 28.9 Å².